The molecule has 106 valence electrons. The average Bonchev–Trinajstić information content (AvgIpc) is 2.91. The standard InChI is InChI=1S/C13H15B3N2O.C2H6/c1-17(2)12(14)13(15,16)18-7-6-9-8-10(19-3)4-5-11(9)18;1-2/h4-8,12H,1-3H3;1-2H3. The van der Waals surface area contributed by atoms with Crippen molar-refractivity contribution in [2.24, 2.45) is 0 Å². The lowest BCUT2D eigenvalue weighted by atomic mass is 9.52. The summed E-state index contributed by atoms with van der Waals surface area (Å²) in [4.78, 5) is 1.79. The maximum atomic E-state index is 6.21. The van der Waals surface area contributed by atoms with Gasteiger partial charge in [0.25, 0.3) is 0 Å². The molecule has 0 saturated carbocycles. The molecule has 0 N–H and O–H groups in total. The van der Waals surface area contributed by atoms with Crippen molar-refractivity contribution in [3.63, 3.8) is 0 Å². The van der Waals surface area contributed by atoms with Crippen LogP contribution in [0.2, 0.25) is 0 Å². The van der Waals surface area contributed by atoms with E-state index in [1.807, 2.05) is 58.4 Å². The highest BCUT2D eigenvalue weighted by atomic mass is 16.5. The van der Waals surface area contributed by atoms with E-state index in [0.717, 1.165) is 16.7 Å². The largest absolute Gasteiger partial charge is 0.497 e. The fourth-order valence-electron chi connectivity index (χ4n) is 2.14. The first kappa shape index (κ1) is 17.8. The normalized spacial score (nSPS) is 12.9. The van der Waals surface area contributed by atoms with E-state index in [0.29, 0.717) is 0 Å². The molecule has 21 heavy (non-hydrogen) atoms. The van der Waals surface area contributed by atoms with Gasteiger partial charge in [-0.05, 0) is 49.6 Å². The molecule has 0 saturated heterocycles. The Balaban J connectivity index is 0.00000106. The molecule has 0 spiro atoms. The van der Waals surface area contributed by atoms with Crippen LogP contribution in [0.3, 0.4) is 0 Å². The molecule has 0 fully saturated rings. The van der Waals surface area contributed by atoms with Crippen LogP contribution in [0.4, 0.5) is 0 Å². The Bertz CT molecular complexity index is 581. The summed E-state index contributed by atoms with van der Waals surface area (Å²) in [5, 5.41) is -0.189. The maximum absolute atomic E-state index is 6.21. The molecule has 2 rings (SSSR count). The summed E-state index contributed by atoms with van der Waals surface area (Å²) in [6.07, 6.45) is 1.84. The molecule has 1 aromatic heterocycles. The lowest BCUT2D eigenvalue weighted by Crippen LogP contribution is -2.53. The smallest absolute Gasteiger partial charge is 0.119 e. The fourth-order valence-corrected chi connectivity index (χ4v) is 2.14. The van der Waals surface area contributed by atoms with Gasteiger partial charge in [0.15, 0.2) is 0 Å². The van der Waals surface area contributed by atoms with Gasteiger partial charge in [-0.2, -0.15) is 0 Å². The number of likely N-dealkylation sites (N-methyl/N-ethyl adjacent to an activating group) is 1. The van der Waals surface area contributed by atoms with Gasteiger partial charge in [0.1, 0.15) is 5.75 Å². The van der Waals surface area contributed by atoms with Crippen LogP contribution < -0.4 is 4.74 Å². The van der Waals surface area contributed by atoms with Crippen LogP contribution in [0.5, 0.6) is 5.75 Å². The number of hydrogen-bond donors (Lipinski definition) is 0. The second-order valence-electron chi connectivity index (χ2n) is 4.91. The maximum Gasteiger partial charge on any atom is 0.119 e. The average molecular weight is 278 g/mol. The Morgan fingerprint density at radius 3 is 2.33 bits per heavy atom. The van der Waals surface area contributed by atoms with Crippen molar-refractivity contribution in [3.05, 3.63) is 30.5 Å². The van der Waals surface area contributed by atoms with Crippen molar-refractivity contribution in [2.75, 3.05) is 21.2 Å². The molecule has 0 amide bonds. The molecule has 6 heteroatoms. The van der Waals surface area contributed by atoms with Crippen molar-refractivity contribution >= 4 is 34.4 Å². The second kappa shape index (κ2) is 7.12. The Morgan fingerprint density at radius 2 is 1.81 bits per heavy atom. The molecule has 1 aromatic carbocycles. The van der Waals surface area contributed by atoms with Crippen LogP contribution in [-0.4, -0.2) is 60.2 Å². The van der Waals surface area contributed by atoms with E-state index in [9.17, 15) is 0 Å². The van der Waals surface area contributed by atoms with Gasteiger partial charge in [-0.3, -0.25) is 0 Å². The molecular formula is C15H21B3N2O. The third-order valence-corrected chi connectivity index (χ3v) is 3.34. The van der Waals surface area contributed by atoms with E-state index >= 15 is 0 Å². The lowest BCUT2D eigenvalue weighted by molar-refractivity contribution is 0.313. The van der Waals surface area contributed by atoms with E-state index in [-0.39, 0.29) is 0 Å². The summed E-state index contributed by atoms with van der Waals surface area (Å²) in [6, 6.07) is 7.67. The zero-order valence-corrected chi connectivity index (χ0v) is 13.5. The van der Waals surface area contributed by atoms with Crippen LogP contribution in [-0.2, 0) is 5.34 Å². The van der Waals surface area contributed by atoms with Crippen LogP contribution in [0.25, 0.3) is 10.9 Å². The topological polar surface area (TPSA) is 17.4 Å². The summed E-state index contributed by atoms with van der Waals surface area (Å²) in [7, 11) is 23.8. The Labute approximate surface area is 131 Å². The van der Waals surface area contributed by atoms with Gasteiger partial charge in [0.05, 0.1) is 30.6 Å². The minimum Gasteiger partial charge on any atom is -0.497 e. The molecule has 0 aliphatic rings. The molecule has 6 radical (unpaired) electrons. The van der Waals surface area contributed by atoms with Crippen molar-refractivity contribution < 1.29 is 4.74 Å². The SMILES string of the molecule is CC.[B]C(N(C)C)C([B])([B])n1ccc2cc(OC)ccc21. The Hall–Kier alpha value is -1.29. The number of hydrogen-bond acceptors (Lipinski definition) is 2. The number of rotatable bonds is 4. The summed E-state index contributed by atoms with van der Waals surface area (Å²) in [6.45, 7) is 4.00. The number of fused-ring (bicyclic) bond motifs is 1. The minimum atomic E-state index is -1.19. The molecule has 0 aliphatic carbocycles. The molecule has 2 aromatic rings. The fraction of sp³-hybridized carbons (Fsp3) is 0.467. The van der Waals surface area contributed by atoms with Crippen molar-refractivity contribution in [1.29, 1.82) is 0 Å². The molecule has 1 unspecified atom stereocenters. The molecule has 0 bridgehead atoms. The highest BCUT2D eigenvalue weighted by molar-refractivity contribution is 6.42. The number of benzene rings is 1. The number of aromatic nitrogens is 1. The second-order valence-corrected chi connectivity index (χ2v) is 4.91. The van der Waals surface area contributed by atoms with E-state index in [4.69, 9.17) is 28.3 Å². The quantitative estimate of drug-likeness (QED) is 0.791. The summed E-state index contributed by atoms with van der Waals surface area (Å²) >= 11 is 0. The Morgan fingerprint density at radius 1 is 1.19 bits per heavy atom. The van der Waals surface area contributed by atoms with Gasteiger partial charge in [0.2, 0.25) is 0 Å². The van der Waals surface area contributed by atoms with Crippen molar-refractivity contribution in [3.8, 4) is 5.75 Å². The van der Waals surface area contributed by atoms with Gasteiger partial charge in [-0.15, -0.1) is 0 Å². The number of nitrogens with zero attached hydrogens (tertiary/aromatic N) is 2. The third kappa shape index (κ3) is 3.49. The van der Waals surface area contributed by atoms with Gasteiger partial charge in [-0.25, -0.2) is 0 Å². The minimum absolute atomic E-state index is 0.509. The highest BCUT2D eigenvalue weighted by Gasteiger charge is 2.28. The molecule has 3 nitrogen and oxygen atoms in total. The summed E-state index contributed by atoms with van der Waals surface area (Å²) < 4.78 is 6.98. The molecule has 1 atom stereocenters. The van der Waals surface area contributed by atoms with Gasteiger partial charge in [-0.1, -0.05) is 13.8 Å². The van der Waals surface area contributed by atoms with E-state index < -0.39 is 11.3 Å². The number of methoxy groups -OCH3 is 1. The first-order valence-corrected chi connectivity index (χ1v) is 7.03. The van der Waals surface area contributed by atoms with E-state index in [1.165, 1.54) is 0 Å². The Kier molecular flexibility index (Phi) is 6.03. The zero-order valence-electron chi connectivity index (χ0n) is 13.5. The molecular weight excluding hydrogens is 257 g/mol. The van der Waals surface area contributed by atoms with E-state index in [2.05, 4.69) is 0 Å². The van der Waals surface area contributed by atoms with Crippen LogP contribution in [0, 0.1) is 0 Å². The van der Waals surface area contributed by atoms with Crippen LogP contribution in [0.15, 0.2) is 30.5 Å². The van der Waals surface area contributed by atoms with Crippen molar-refractivity contribution in [2.45, 2.75) is 25.1 Å². The van der Waals surface area contributed by atoms with Gasteiger partial charge >= 0.3 is 0 Å². The summed E-state index contributed by atoms with van der Waals surface area (Å²) in [5.41, 5.74) is 0.920. The van der Waals surface area contributed by atoms with Gasteiger partial charge in [0, 0.05) is 17.1 Å². The van der Waals surface area contributed by atoms with E-state index in [1.54, 1.807) is 16.6 Å². The monoisotopic (exact) mass is 278 g/mol. The van der Waals surface area contributed by atoms with Gasteiger partial charge < -0.3 is 14.2 Å². The van der Waals surface area contributed by atoms with Crippen LogP contribution >= 0.6 is 0 Å². The molecule has 0 aliphatic heterocycles. The first-order chi connectivity index (χ1) is 9.87. The summed E-state index contributed by atoms with van der Waals surface area (Å²) in [5.74, 6) is 0.284. The van der Waals surface area contributed by atoms with Crippen LogP contribution in [0.1, 0.15) is 13.8 Å². The predicted molar refractivity (Wildman–Crippen MR) is 92.5 cm³/mol. The third-order valence-electron chi connectivity index (χ3n) is 3.34. The zero-order chi connectivity index (χ0) is 16.2. The highest BCUT2D eigenvalue weighted by Crippen LogP contribution is 2.26. The van der Waals surface area contributed by atoms with Crippen molar-refractivity contribution in [1.82, 2.24) is 9.47 Å². The first-order valence-electron chi connectivity index (χ1n) is 7.03. The predicted octanol–water partition coefficient (Wildman–Crippen LogP) is 1.68. The number of ether oxygens (including phenoxy) is 1. The molecule has 1 heterocycles. The lowest BCUT2D eigenvalue weighted by Gasteiger charge is -2.40.